The fraction of sp³-hybridized carbons (Fsp3) is 0.257. The van der Waals surface area contributed by atoms with Gasteiger partial charge in [-0.15, -0.1) is 0 Å². The van der Waals surface area contributed by atoms with Gasteiger partial charge in [0.15, 0.2) is 0 Å². The van der Waals surface area contributed by atoms with Crippen molar-refractivity contribution in [3.8, 4) is 5.75 Å². The topological polar surface area (TPSA) is 96.0 Å². The number of anilines is 1. The normalized spacial score (nSPS) is 11.8. The molecular formula is C35H38FN3O5S. The predicted molar refractivity (Wildman–Crippen MR) is 174 cm³/mol. The number of nitrogens with zero attached hydrogens (tertiary/aromatic N) is 2. The summed E-state index contributed by atoms with van der Waals surface area (Å²) < 4.78 is 46.6. The zero-order chi connectivity index (χ0) is 32.2. The van der Waals surface area contributed by atoms with E-state index in [4.69, 9.17) is 4.74 Å². The SMILES string of the molecule is CCCNC(=O)[C@H](Cc1ccccc1)N(Cc1ccc(F)cc1)C(=O)CN(c1ccc(OCc2ccccc2)cc1)S(C)(=O)=O. The molecule has 0 saturated heterocycles. The molecule has 45 heavy (non-hydrogen) atoms. The van der Waals surface area contributed by atoms with Gasteiger partial charge < -0.3 is 15.0 Å². The van der Waals surface area contributed by atoms with Crippen LogP contribution in [0.3, 0.4) is 0 Å². The standard InChI is InChI=1S/C35H38FN3O5S/c1-3-22-37-35(41)33(23-27-10-6-4-7-11-27)38(24-28-14-16-30(36)17-15-28)34(40)25-39(45(2,42)43)31-18-20-32(21-19-31)44-26-29-12-8-5-9-13-29/h4-21,33H,3,22-26H2,1-2H3,(H,37,41)/t33-/m0/s1. The molecule has 0 bridgehead atoms. The van der Waals surface area contributed by atoms with Crippen molar-refractivity contribution in [1.29, 1.82) is 0 Å². The molecule has 0 spiro atoms. The summed E-state index contributed by atoms with van der Waals surface area (Å²) >= 11 is 0. The van der Waals surface area contributed by atoms with E-state index in [1.165, 1.54) is 17.0 Å². The summed E-state index contributed by atoms with van der Waals surface area (Å²) in [4.78, 5) is 29.0. The van der Waals surface area contributed by atoms with Gasteiger partial charge in [0, 0.05) is 19.5 Å². The molecule has 4 aromatic rings. The second-order valence-corrected chi connectivity index (χ2v) is 12.6. The molecule has 0 fully saturated rings. The smallest absolute Gasteiger partial charge is 0.244 e. The Morgan fingerprint density at radius 2 is 1.42 bits per heavy atom. The third kappa shape index (κ3) is 9.90. The van der Waals surface area contributed by atoms with E-state index >= 15 is 0 Å². The second kappa shape index (κ2) is 15.9. The maximum absolute atomic E-state index is 14.1. The average Bonchev–Trinajstić information content (AvgIpc) is 3.04. The van der Waals surface area contributed by atoms with E-state index in [0.29, 0.717) is 30.9 Å². The molecule has 236 valence electrons. The van der Waals surface area contributed by atoms with E-state index in [-0.39, 0.29) is 24.6 Å². The lowest BCUT2D eigenvalue weighted by molar-refractivity contribution is -0.140. The maximum atomic E-state index is 14.1. The highest BCUT2D eigenvalue weighted by Crippen LogP contribution is 2.24. The van der Waals surface area contributed by atoms with E-state index in [1.54, 1.807) is 36.4 Å². The number of rotatable bonds is 15. The zero-order valence-corrected chi connectivity index (χ0v) is 26.3. The molecule has 0 unspecified atom stereocenters. The van der Waals surface area contributed by atoms with Gasteiger partial charge >= 0.3 is 0 Å². The van der Waals surface area contributed by atoms with E-state index in [2.05, 4.69) is 5.32 Å². The second-order valence-electron chi connectivity index (χ2n) is 10.7. The highest BCUT2D eigenvalue weighted by atomic mass is 32.2. The van der Waals surface area contributed by atoms with Crippen LogP contribution in [0.5, 0.6) is 5.75 Å². The van der Waals surface area contributed by atoms with Crippen LogP contribution < -0.4 is 14.4 Å². The fourth-order valence-corrected chi connectivity index (χ4v) is 5.62. The monoisotopic (exact) mass is 631 g/mol. The van der Waals surface area contributed by atoms with Gasteiger partial charge in [0.1, 0.15) is 30.8 Å². The van der Waals surface area contributed by atoms with Crippen LogP contribution in [0, 0.1) is 5.82 Å². The first-order valence-corrected chi connectivity index (χ1v) is 16.6. The predicted octanol–water partition coefficient (Wildman–Crippen LogP) is 5.34. The molecule has 0 saturated carbocycles. The fourth-order valence-electron chi connectivity index (χ4n) is 4.77. The van der Waals surface area contributed by atoms with E-state index in [9.17, 15) is 22.4 Å². The lowest BCUT2D eigenvalue weighted by Crippen LogP contribution is -2.53. The minimum absolute atomic E-state index is 0.0278. The number of ether oxygens (including phenoxy) is 1. The summed E-state index contributed by atoms with van der Waals surface area (Å²) in [5, 5.41) is 2.89. The van der Waals surface area contributed by atoms with Crippen LogP contribution in [0.4, 0.5) is 10.1 Å². The molecule has 0 radical (unpaired) electrons. The van der Waals surface area contributed by atoms with Crippen molar-refractivity contribution in [3.63, 3.8) is 0 Å². The Kier molecular flexibility index (Phi) is 11.7. The van der Waals surface area contributed by atoms with Crippen LogP contribution in [-0.4, -0.2) is 50.5 Å². The van der Waals surface area contributed by atoms with Crippen LogP contribution in [0.2, 0.25) is 0 Å². The Bertz CT molecular complexity index is 1630. The number of sulfonamides is 1. The molecule has 0 heterocycles. The van der Waals surface area contributed by atoms with Crippen molar-refractivity contribution in [3.05, 3.63) is 132 Å². The molecule has 2 amide bonds. The van der Waals surface area contributed by atoms with Crippen LogP contribution in [0.1, 0.15) is 30.0 Å². The molecule has 4 rings (SSSR count). The number of benzene rings is 4. The summed E-state index contributed by atoms with van der Waals surface area (Å²) in [5.41, 5.74) is 2.68. The zero-order valence-electron chi connectivity index (χ0n) is 25.4. The maximum Gasteiger partial charge on any atom is 0.244 e. The van der Waals surface area contributed by atoms with Gasteiger partial charge in [-0.25, -0.2) is 12.8 Å². The Morgan fingerprint density at radius 1 is 0.822 bits per heavy atom. The highest BCUT2D eigenvalue weighted by molar-refractivity contribution is 7.92. The lowest BCUT2D eigenvalue weighted by Gasteiger charge is -2.33. The van der Waals surface area contributed by atoms with Crippen molar-refractivity contribution >= 4 is 27.5 Å². The summed E-state index contributed by atoms with van der Waals surface area (Å²) in [5.74, 6) is -0.836. The molecule has 4 aromatic carbocycles. The lowest BCUT2D eigenvalue weighted by atomic mass is 10.0. The number of hydrogen-bond donors (Lipinski definition) is 1. The van der Waals surface area contributed by atoms with Crippen molar-refractivity contribution in [2.24, 2.45) is 0 Å². The molecule has 0 aliphatic rings. The largest absolute Gasteiger partial charge is 0.489 e. The Labute approximate surface area is 264 Å². The van der Waals surface area contributed by atoms with Gasteiger partial charge in [-0.1, -0.05) is 79.7 Å². The van der Waals surface area contributed by atoms with Crippen molar-refractivity contribution in [1.82, 2.24) is 10.2 Å². The first-order valence-electron chi connectivity index (χ1n) is 14.7. The Balaban J connectivity index is 1.63. The summed E-state index contributed by atoms with van der Waals surface area (Å²) in [6.45, 7) is 2.11. The highest BCUT2D eigenvalue weighted by Gasteiger charge is 2.33. The van der Waals surface area contributed by atoms with Gasteiger partial charge in [0.25, 0.3) is 0 Å². The van der Waals surface area contributed by atoms with Crippen LogP contribution >= 0.6 is 0 Å². The van der Waals surface area contributed by atoms with Gasteiger partial charge in [0.05, 0.1) is 11.9 Å². The summed E-state index contributed by atoms with van der Waals surface area (Å²) in [6, 6.07) is 30.1. The van der Waals surface area contributed by atoms with Crippen LogP contribution in [0.25, 0.3) is 0 Å². The number of hydrogen-bond acceptors (Lipinski definition) is 5. The van der Waals surface area contributed by atoms with E-state index in [1.807, 2.05) is 67.6 Å². The molecule has 1 N–H and O–H groups in total. The molecule has 8 nitrogen and oxygen atoms in total. The van der Waals surface area contributed by atoms with E-state index in [0.717, 1.165) is 21.7 Å². The summed E-state index contributed by atoms with van der Waals surface area (Å²) in [6.07, 6.45) is 1.93. The first kappa shape index (κ1) is 33.2. The number of nitrogens with one attached hydrogen (secondary N) is 1. The number of halogens is 1. The van der Waals surface area contributed by atoms with Crippen molar-refractivity contribution < 1.29 is 27.1 Å². The number of carbonyl (C=O) groups excluding carboxylic acids is 2. The number of amides is 2. The van der Waals surface area contributed by atoms with Crippen LogP contribution in [-0.2, 0) is 39.2 Å². The van der Waals surface area contributed by atoms with Crippen molar-refractivity contribution in [2.45, 2.75) is 39.0 Å². The molecule has 0 aromatic heterocycles. The molecule has 10 heteroatoms. The van der Waals surface area contributed by atoms with Gasteiger partial charge in [0.2, 0.25) is 21.8 Å². The molecule has 1 atom stereocenters. The first-order chi connectivity index (χ1) is 21.6. The average molecular weight is 632 g/mol. The van der Waals surface area contributed by atoms with Crippen molar-refractivity contribution in [2.75, 3.05) is 23.7 Å². The Morgan fingerprint density at radius 3 is 2.00 bits per heavy atom. The van der Waals surface area contributed by atoms with Crippen LogP contribution in [0.15, 0.2) is 109 Å². The third-order valence-electron chi connectivity index (χ3n) is 7.14. The number of carbonyl (C=O) groups is 2. The van der Waals surface area contributed by atoms with E-state index < -0.39 is 34.3 Å². The van der Waals surface area contributed by atoms with Gasteiger partial charge in [-0.2, -0.15) is 0 Å². The van der Waals surface area contributed by atoms with Gasteiger partial charge in [-0.05, 0) is 59.5 Å². The quantitative estimate of drug-likeness (QED) is 0.191. The Hall–Kier alpha value is -4.70. The minimum Gasteiger partial charge on any atom is -0.489 e. The minimum atomic E-state index is -3.92. The molecule has 0 aliphatic carbocycles. The molecular weight excluding hydrogens is 593 g/mol. The summed E-state index contributed by atoms with van der Waals surface area (Å²) in [7, 11) is -3.92. The van der Waals surface area contributed by atoms with Gasteiger partial charge in [-0.3, -0.25) is 13.9 Å². The molecule has 0 aliphatic heterocycles. The third-order valence-corrected chi connectivity index (χ3v) is 8.28.